The van der Waals surface area contributed by atoms with Gasteiger partial charge in [0.25, 0.3) is 0 Å². The quantitative estimate of drug-likeness (QED) is 0.877. The molecule has 2 aliphatic rings. The molecule has 2 fully saturated rings. The molecular formula is C16H25N3O2. The molecule has 2 heterocycles. The lowest BCUT2D eigenvalue weighted by Gasteiger charge is -2.29. The molecule has 3 rings (SSSR count). The van der Waals surface area contributed by atoms with Crippen molar-refractivity contribution in [3.05, 3.63) is 24.2 Å². The van der Waals surface area contributed by atoms with Gasteiger partial charge in [-0.2, -0.15) is 0 Å². The molecule has 0 radical (unpaired) electrons. The molecule has 0 unspecified atom stereocenters. The maximum absolute atomic E-state index is 11.8. The molecule has 1 saturated heterocycles. The molecule has 1 atom stereocenters. The molecule has 1 aliphatic heterocycles. The Morgan fingerprint density at radius 2 is 2.05 bits per heavy atom. The van der Waals surface area contributed by atoms with Gasteiger partial charge in [0.2, 0.25) is 0 Å². The first-order valence-corrected chi connectivity index (χ1v) is 8.15. The standard InChI is InChI=1S/C16H25N3O2/c20-16(18-13-7-8-13)17-12-14(15-6-5-11-21-15)19-9-3-1-2-4-10-19/h5-6,11,13-14H,1-4,7-10,12H2,(H2,17,18,20)/t14-/m1/s1. The number of amides is 2. The van der Waals surface area contributed by atoms with E-state index in [1.165, 1.54) is 25.7 Å². The smallest absolute Gasteiger partial charge is 0.315 e. The number of nitrogens with zero attached hydrogens (tertiary/aromatic N) is 1. The number of carbonyl (C=O) groups excluding carboxylic acids is 1. The summed E-state index contributed by atoms with van der Waals surface area (Å²) in [5.41, 5.74) is 0. The summed E-state index contributed by atoms with van der Waals surface area (Å²) in [6, 6.07) is 4.41. The Morgan fingerprint density at radius 3 is 2.67 bits per heavy atom. The maximum atomic E-state index is 11.8. The van der Waals surface area contributed by atoms with E-state index in [2.05, 4.69) is 15.5 Å². The molecule has 5 heteroatoms. The zero-order chi connectivity index (χ0) is 14.5. The van der Waals surface area contributed by atoms with E-state index in [9.17, 15) is 4.79 Å². The SMILES string of the molecule is O=C(NC[C@H](c1ccco1)N1CCCCCC1)NC1CC1. The fourth-order valence-corrected chi connectivity index (χ4v) is 2.95. The highest BCUT2D eigenvalue weighted by Gasteiger charge is 2.26. The van der Waals surface area contributed by atoms with Crippen molar-refractivity contribution in [1.29, 1.82) is 0 Å². The minimum Gasteiger partial charge on any atom is -0.468 e. The fourth-order valence-electron chi connectivity index (χ4n) is 2.95. The van der Waals surface area contributed by atoms with Crippen LogP contribution >= 0.6 is 0 Å². The Labute approximate surface area is 126 Å². The van der Waals surface area contributed by atoms with Crippen LogP contribution in [0.2, 0.25) is 0 Å². The van der Waals surface area contributed by atoms with Crippen molar-refractivity contribution >= 4 is 6.03 Å². The van der Waals surface area contributed by atoms with Gasteiger partial charge in [-0.15, -0.1) is 0 Å². The van der Waals surface area contributed by atoms with Crippen LogP contribution in [0, 0.1) is 0 Å². The van der Waals surface area contributed by atoms with E-state index < -0.39 is 0 Å². The van der Waals surface area contributed by atoms with Crippen molar-refractivity contribution in [2.45, 2.75) is 50.6 Å². The van der Waals surface area contributed by atoms with Gasteiger partial charge in [0.05, 0.1) is 12.3 Å². The van der Waals surface area contributed by atoms with E-state index in [0.29, 0.717) is 12.6 Å². The molecule has 0 spiro atoms. The van der Waals surface area contributed by atoms with E-state index in [-0.39, 0.29) is 12.1 Å². The Bertz CT molecular complexity index is 434. The van der Waals surface area contributed by atoms with Gasteiger partial charge >= 0.3 is 6.03 Å². The first-order chi connectivity index (χ1) is 10.3. The molecule has 5 nitrogen and oxygen atoms in total. The van der Waals surface area contributed by atoms with Crippen LogP contribution in [0.15, 0.2) is 22.8 Å². The van der Waals surface area contributed by atoms with Gasteiger partial charge in [-0.1, -0.05) is 12.8 Å². The zero-order valence-electron chi connectivity index (χ0n) is 12.5. The van der Waals surface area contributed by atoms with Crippen LogP contribution in [0.5, 0.6) is 0 Å². The van der Waals surface area contributed by atoms with Crippen molar-refractivity contribution in [2.24, 2.45) is 0 Å². The van der Waals surface area contributed by atoms with Crippen molar-refractivity contribution in [1.82, 2.24) is 15.5 Å². The van der Waals surface area contributed by atoms with Crippen molar-refractivity contribution < 1.29 is 9.21 Å². The number of nitrogens with one attached hydrogen (secondary N) is 2. The van der Waals surface area contributed by atoms with Crippen molar-refractivity contribution in [2.75, 3.05) is 19.6 Å². The lowest BCUT2D eigenvalue weighted by atomic mass is 10.1. The average Bonchev–Trinajstić information content (AvgIpc) is 3.20. The van der Waals surface area contributed by atoms with E-state index in [1.807, 2.05) is 12.1 Å². The van der Waals surface area contributed by atoms with Gasteiger partial charge in [0, 0.05) is 12.6 Å². The first kappa shape index (κ1) is 14.4. The van der Waals surface area contributed by atoms with Crippen LogP contribution in [0.1, 0.15) is 50.3 Å². The molecule has 1 aromatic heterocycles. The Balaban J connectivity index is 1.59. The molecular weight excluding hydrogens is 266 g/mol. The topological polar surface area (TPSA) is 57.5 Å². The Hall–Kier alpha value is -1.49. The van der Waals surface area contributed by atoms with Crippen LogP contribution in [0.3, 0.4) is 0 Å². The van der Waals surface area contributed by atoms with Crippen LogP contribution in [0.4, 0.5) is 4.79 Å². The van der Waals surface area contributed by atoms with Crippen molar-refractivity contribution in [3.63, 3.8) is 0 Å². The normalized spacial score (nSPS) is 21.5. The maximum Gasteiger partial charge on any atom is 0.315 e. The van der Waals surface area contributed by atoms with Gasteiger partial charge in [-0.05, 0) is 50.9 Å². The second-order valence-corrected chi connectivity index (χ2v) is 6.11. The van der Waals surface area contributed by atoms with Gasteiger partial charge in [0.15, 0.2) is 0 Å². The number of hydrogen-bond acceptors (Lipinski definition) is 3. The number of furan rings is 1. The molecule has 0 bridgehead atoms. The minimum absolute atomic E-state index is 0.0520. The number of hydrogen-bond donors (Lipinski definition) is 2. The van der Waals surface area contributed by atoms with Gasteiger partial charge in [-0.25, -0.2) is 4.79 Å². The molecule has 2 amide bonds. The first-order valence-electron chi connectivity index (χ1n) is 8.15. The Kier molecular flexibility index (Phi) is 4.80. The lowest BCUT2D eigenvalue weighted by molar-refractivity contribution is 0.175. The fraction of sp³-hybridized carbons (Fsp3) is 0.688. The summed E-state index contributed by atoms with van der Waals surface area (Å²) in [6.45, 7) is 2.76. The van der Waals surface area contributed by atoms with E-state index in [4.69, 9.17) is 4.42 Å². The molecule has 21 heavy (non-hydrogen) atoms. The number of carbonyl (C=O) groups is 1. The summed E-state index contributed by atoms with van der Waals surface area (Å²) in [7, 11) is 0. The van der Waals surface area contributed by atoms with Gasteiger partial charge in [0.1, 0.15) is 5.76 Å². The van der Waals surface area contributed by atoms with E-state index in [1.54, 1.807) is 6.26 Å². The summed E-state index contributed by atoms with van der Waals surface area (Å²) in [6.07, 6.45) is 9.00. The summed E-state index contributed by atoms with van der Waals surface area (Å²) < 4.78 is 5.60. The van der Waals surface area contributed by atoms with Gasteiger partial charge in [-0.3, -0.25) is 4.90 Å². The highest BCUT2D eigenvalue weighted by molar-refractivity contribution is 5.74. The highest BCUT2D eigenvalue weighted by Crippen LogP contribution is 2.24. The van der Waals surface area contributed by atoms with Crippen molar-refractivity contribution in [3.8, 4) is 0 Å². The zero-order valence-corrected chi connectivity index (χ0v) is 12.5. The highest BCUT2D eigenvalue weighted by atomic mass is 16.3. The molecule has 1 saturated carbocycles. The summed E-state index contributed by atoms with van der Waals surface area (Å²) in [5, 5.41) is 5.98. The predicted molar refractivity (Wildman–Crippen MR) is 81.0 cm³/mol. The molecule has 1 aromatic rings. The van der Waals surface area contributed by atoms with E-state index in [0.717, 1.165) is 31.7 Å². The van der Waals surface area contributed by atoms with Crippen LogP contribution < -0.4 is 10.6 Å². The molecule has 1 aliphatic carbocycles. The number of urea groups is 1. The summed E-state index contributed by atoms with van der Waals surface area (Å²) >= 11 is 0. The lowest BCUT2D eigenvalue weighted by Crippen LogP contribution is -2.43. The van der Waals surface area contributed by atoms with E-state index >= 15 is 0 Å². The third-order valence-electron chi connectivity index (χ3n) is 4.32. The Morgan fingerprint density at radius 1 is 1.29 bits per heavy atom. The van der Waals surface area contributed by atoms with Crippen LogP contribution in [-0.4, -0.2) is 36.6 Å². The monoisotopic (exact) mass is 291 g/mol. The molecule has 116 valence electrons. The second-order valence-electron chi connectivity index (χ2n) is 6.11. The molecule has 2 N–H and O–H groups in total. The minimum atomic E-state index is -0.0520. The van der Waals surface area contributed by atoms with Crippen LogP contribution in [-0.2, 0) is 0 Å². The third kappa shape index (κ3) is 4.24. The average molecular weight is 291 g/mol. The van der Waals surface area contributed by atoms with Gasteiger partial charge < -0.3 is 15.1 Å². The third-order valence-corrected chi connectivity index (χ3v) is 4.32. The van der Waals surface area contributed by atoms with Crippen LogP contribution in [0.25, 0.3) is 0 Å². The predicted octanol–water partition coefficient (Wildman–Crippen LogP) is 2.66. The summed E-state index contributed by atoms with van der Waals surface area (Å²) in [5.74, 6) is 0.948. The second kappa shape index (κ2) is 6.98. The largest absolute Gasteiger partial charge is 0.468 e. The summed E-state index contributed by atoms with van der Waals surface area (Å²) in [4.78, 5) is 14.3. The number of likely N-dealkylation sites (tertiary alicyclic amines) is 1. The number of rotatable bonds is 5. The molecule has 0 aromatic carbocycles.